The standard InChI is InChI=1S/C17H35N3O2/c1-3-15(2)17(21)14-18-16-4-6-19(7-5-16)8-9-20-10-12-22-13-11-20/h15-18,21H,3-14H2,1-2H3. The van der Waals surface area contributed by atoms with Crippen LogP contribution in [0.5, 0.6) is 0 Å². The van der Waals surface area contributed by atoms with Crippen molar-refractivity contribution in [2.24, 2.45) is 5.92 Å². The van der Waals surface area contributed by atoms with Gasteiger partial charge in [-0.05, 0) is 31.8 Å². The Morgan fingerprint density at radius 2 is 1.68 bits per heavy atom. The van der Waals surface area contributed by atoms with Crippen molar-refractivity contribution in [3.05, 3.63) is 0 Å². The van der Waals surface area contributed by atoms with Crippen LogP contribution < -0.4 is 5.32 Å². The second kappa shape index (κ2) is 9.83. The van der Waals surface area contributed by atoms with Gasteiger partial charge < -0.3 is 20.1 Å². The first kappa shape index (κ1) is 18.1. The largest absolute Gasteiger partial charge is 0.392 e. The van der Waals surface area contributed by atoms with E-state index in [9.17, 15) is 5.11 Å². The molecule has 2 N–H and O–H groups in total. The molecule has 2 fully saturated rings. The second-order valence-electron chi connectivity index (χ2n) is 6.93. The maximum Gasteiger partial charge on any atom is 0.0690 e. The molecular formula is C17H35N3O2. The highest BCUT2D eigenvalue weighted by Crippen LogP contribution is 2.12. The van der Waals surface area contributed by atoms with Crippen LogP contribution in [-0.4, -0.2) is 86.1 Å². The Labute approximate surface area is 136 Å². The zero-order valence-corrected chi connectivity index (χ0v) is 14.5. The van der Waals surface area contributed by atoms with E-state index in [4.69, 9.17) is 4.74 Å². The van der Waals surface area contributed by atoms with Crippen LogP contribution in [0.25, 0.3) is 0 Å². The highest BCUT2D eigenvalue weighted by Gasteiger charge is 2.21. The van der Waals surface area contributed by atoms with Crippen molar-refractivity contribution < 1.29 is 9.84 Å². The maximum absolute atomic E-state index is 10.0. The summed E-state index contributed by atoms with van der Waals surface area (Å²) in [6, 6.07) is 0.582. The Morgan fingerprint density at radius 3 is 2.27 bits per heavy atom. The van der Waals surface area contributed by atoms with Gasteiger partial charge in [0.05, 0.1) is 19.3 Å². The van der Waals surface area contributed by atoms with Gasteiger partial charge in [-0.1, -0.05) is 20.3 Å². The van der Waals surface area contributed by atoms with Crippen molar-refractivity contribution in [2.75, 3.05) is 59.0 Å². The van der Waals surface area contributed by atoms with Gasteiger partial charge in [0.2, 0.25) is 0 Å². The number of nitrogens with zero attached hydrogens (tertiary/aromatic N) is 2. The van der Waals surface area contributed by atoms with E-state index in [-0.39, 0.29) is 6.10 Å². The molecule has 2 aliphatic rings. The number of rotatable bonds is 8. The third-order valence-electron chi connectivity index (χ3n) is 5.34. The van der Waals surface area contributed by atoms with Crippen LogP contribution in [-0.2, 0) is 4.74 Å². The fourth-order valence-corrected chi connectivity index (χ4v) is 3.23. The van der Waals surface area contributed by atoms with Crippen LogP contribution in [0.4, 0.5) is 0 Å². The van der Waals surface area contributed by atoms with Crippen molar-refractivity contribution in [3.63, 3.8) is 0 Å². The first-order valence-corrected chi connectivity index (χ1v) is 9.13. The lowest BCUT2D eigenvalue weighted by atomic mass is 10.0. The molecule has 0 bridgehead atoms. The number of piperidine rings is 1. The van der Waals surface area contributed by atoms with Gasteiger partial charge in [0.15, 0.2) is 0 Å². The van der Waals surface area contributed by atoms with E-state index in [0.29, 0.717) is 12.0 Å². The number of morpholine rings is 1. The summed E-state index contributed by atoms with van der Waals surface area (Å²) < 4.78 is 5.39. The van der Waals surface area contributed by atoms with E-state index < -0.39 is 0 Å². The van der Waals surface area contributed by atoms with Crippen LogP contribution in [0.1, 0.15) is 33.1 Å². The van der Waals surface area contributed by atoms with E-state index in [1.54, 1.807) is 0 Å². The highest BCUT2D eigenvalue weighted by atomic mass is 16.5. The fraction of sp³-hybridized carbons (Fsp3) is 1.00. The number of ether oxygens (including phenoxy) is 1. The molecule has 2 rings (SSSR count). The van der Waals surface area contributed by atoms with E-state index in [2.05, 4.69) is 29.0 Å². The molecule has 22 heavy (non-hydrogen) atoms. The summed E-state index contributed by atoms with van der Waals surface area (Å²) in [5.74, 6) is 0.390. The molecule has 5 nitrogen and oxygen atoms in total. The number of aliphatic hydroxyl groups excluding tert-OH is 1. The lowest BCUT2D eigenvalue weighted by Crippen LogP contribution is -2.47. The molecule has 2 heterocycles. The molecule has 5 heteroatoms. The minimum Gasteiger partial charge on any atom is -0.392 e. The summed E-state index contributed by atoms with van der Waals surface area (Å²) >= 11 is 0. The fourth-order valence-electron chi connectivity index (χ4n) is 3.23. The Kier molecular flexibility index (Phi) is 8.11. The van der Waals surface area contributed by atoms with Gasteiger partial charge in [-0.25, -0.2) is 0 Å². The summed E-state index contributed by atoms with van der Waals surface area (Å²) in [6.07, 6.45) is 3.25. The van der Waals surface area contributed by atoms with Gasteiger partial charge in [0.1, 0.15) is 0 Å². The minimum absolute atomic E-state index is 0.204. The van der Waals surface area contributed by atoms with Crippen LogP contribution in [0.3, 0.4) is 0 Å². The third-order valence-corrected chi connectivity index (χ3v) is 5.34. The number of aliphatic hydroxyl groups is 1. The van der Waals surface area contributed by atoms with E-state index in [1.165, 1.54) is 39.0 Å². The van der Waals surface area contributed by atoms with E-state index in [1.807, 2.05) is 0 Å². The topological polar surface area (TPSA) is 48.0 Å². The normalized spacial score (nSPS) is 25.2. The first-order valence-electron chi connectivity index (χ1n) is 9.13. The van der Waals surface area contributed by atoms with Crippen molar-refractivity contribution in [1.82, 2.24) is 15.1 Å². The lowest BCUT2D eigenvalue weighted by molar-refractivity contribution is 0.0316. The quantitative estimate of drug-likeness (QED) is 0.693. The average molecular weight is 313 g/mol. The molecule has 0 aliphatic carbocycles. The van der Waals surface area contributed by atoms with Gasteiger partial charge in [0, 0.05) is 38.8 Å². The molecule has 2 atom stereocenters. The van der Waals surface area contributed by atoms with E-state index >= 15 is 0 Å². The van der Waals surface area contributed by atoms with Gasteiger partial charge in [-0.15, -0.1) is 0 Å². The molecule has 0 aromatic carbocycles. The zero-order valence-electron chi connectivity index (χ0n) is 14.5. The Bertz CT molecular complexity index is 276. The maximum atomic E-state index is 10.0. The molecule has 130 valence electrons. The van der Waals surface area contributed by atoms with Crippen molar-refractivity contribution >= 4 is 0 Å². The third kappa shape index (κ3) is 6.13. The van der Waals surface area contributed by atoms with Crippen molar-refractivity contribution in [1.29, 1.82) is 0 Å². The van der Waals surface area contributed by atoms with Crippen LogP contribution in [0, 0.1) is 5.92 Å². The summed E-state index contributed by atoms with van der Waals surface area (Å²) in [6.45, 7) is 13.7. The summed E-state index contributed by atoms with van der Waals surface area (Å²) in [7, 11) is 0. The molecule has 2 aliphatic heterocycles. The molecule has 0 saturated carbocycles. The monoisotopic (exact) mass is 313 g/mol. The first-order chi connectivity index (χ1) is 10.7. The van der Waals surface area contributed by atoms with Gasteiger partial charge in [-0.3, -0.25) is 4.90 Å². The van der Waals surface area contributed by atoms with Crippen molar-refractivity contribution in [3.8, 4) is 0 Å². The molecule has 0 amide bonds. The molecule has 0 spiro atoms. The van der Waals surface area contributed by atoms with Gasteiger partial charge in [-0.2, -0.15) is 0 Å². The zero-order chi connectivity index (χ0) is 15.8. The van der Waals surface area contributed by atoms with E-state index in [0.717, 1.165) is 39.3 Å². The molecule has 0 aromatic rings. The SMILES string of the molecule is CCC(C)C(O)CNC1CCN(CCN2CCOCC2)CC1. The Morgan fingerprint density at radius 1 is 1.09 bits per heavy atom. The summed E-state index contributed by atoms with van der Waals surface area (Å²) in [4.78, 5) is 5.09. The smallest absolute Gasteiger partial charge is 0.0690 e. The minimum atomic E-state index is -0.204. The van der Waals surface area contributed by atoms with Gasteiger partial charge >= 0.3 is 0 Å². The van der Waals surface area contributed by atoms with Gasteiger partial charge in [0.25, 0.3) is 0 Å². The molecule has 2 saturated heterocycles. The number of nitrogens with one attached hydrogen (secondary N) is 1. The van der Waals surface area contributed by atoms with Crippen molar-refractivity contribution in [2.45, 2.75) is 45.3 Å². The molecule has 2 unspecified atom stereocenters. The number of likely N-dealkylation sites (tertiary alicyclic amines) is 1. The van der Waals surface area contributed by atoms with Crippen LogP contribution in [0.2, 0.25) is 0 Å². The number of hydrogen-bond donors (Lipinski definition) is 2. The van der Waals surface area contributed by atoms with Crippen LogP contribution in [0.15, 0.2) is 0 Å². The average Bonchev–Trinajstić information content (AvgIpc) is 2.59. The molecule has 0 radical (unpaired) electrons. The lowest BCUT2D eigenvalue weighted by Gasteiger charge is -2.35. The van der Waals surface area contributed by atoms with Crippen LogP contribution >= 0.6 is 0 Å². The Hall–Kier alpha value is -0.200. The summed E-state index contributed by atoms with van der Waals surface area (Å²) in [5.41, 5.74) is 0. The summed E-state index contributed by atoms with van der Waals surface area (Å²) in [5, 5.41) is 13.6. The number of hydrogen-bond acceptors (Lipinski definition) is 5. The Balaban J connectivity index is 1.55. The highest BCUT2D eigenvalue weighted by molar-refractivity contribution is 4.79. The molecular weight excluding hydrogens is 278 g/mol. The predicted octanol–water partition coefficient (Wildman–Crippen LogP) is 0.780. The molecule has 0 aromatic heterocycles. The predicted molar refractivity (Wildman–Crippen MR) is 90.2 cm³/mol. The second-order valence-corrected chi connectivity index (χ2v) is 6.93.